The Morgan fingerprint density at radius 3 is 2.44 bits per heavy atom. The molecular weight excluding hydrogens is 320 g/mol. The van der Waals surface area contributed by atoms with Crippen LogP contribution in [0, 0.1) is 18.3 Å². The van der Waals surface area contributed by atoms with Crippen molar-refractivity contribution >= 4 is 17.6 Å². The van der Waals surface area contributed by atoms with Crippen LogP contribution in [0.15, 0.2) is 18.2 Å². The minimum atomic E-state index is -0.190. The summed E-state index contributed by atoms with van der Waals surface area (Å²) in [5, 5.41) is 11.5. The molecule has 1 saturated heterocycles. The highest BCUT2D eigenvalue weighted by Crippen LogP contribution is 2.23. The number of piperazine rings is 1. The number of nitrogens with zero attached hydrogens (tertiary/aromatic N) is 3. The fourth-order valence-electron chi connectivity index (χ4n) is 2.65. The van der Waals surface area contributed by atoms with Crippen molar-refractivity contribution < 1.29 is 14.3 Å². The largest absolute Gasteiger partial charge is 0.491 e. The number of rotatable bonds is 4. The van der Waals surface area contributed by atoms with Gasteiger partial charge >= 0.3 is 6.03 Å². The Kier molecular flexibility index (Phi) is 6.23. The summed E-state index contributed by atoms with van der Waals surface area (Å²) in [6.45, 7) is 7.69. The van der Waals surface area contributed by atoms with Gasteiger partial charge in [-0.05, 0) is 44.5 Å². The molecule has 0 spiro atoms. The van der Waals surface area contributed by atoms with E-state index in [0.29, 0.717) is 31.9 Å². The first-order valence-corrected chi connectivity index (χ1v) is 8.38. The second-order valence-corrected chi connectivity index (χ2v) is 6.28. The predicted octanol–water partition coefficient (Wildman–Crippen LogP) is 2.37. The lowest BCUT2D eigenvalue weighted by molar-refractivity contribution is -0.131. The van der Waals surface area contributed by atoms with E-state index >= 15 is 0 Å². The molecule has 1 aromatic rings. The Labute approximate surface area is 148 Å². The van der Waals surface area contributed by atoms with E-state index in [1.165, 1.54) is 0 Å². The number of nitriles is 1. The van der Waals surface area contributed by atoms with Gasteiger partial charge < -0.3 is 19.9 Å². The van der Waals surface area contributed by atoms with Crippen LogP contribution in [-0.4, -0.2) is 54.0 Å². The summed E-state index contributed by atoms with van der Waals surface area (Å²) in [6, 6.07) is 7.21. The average molecular weight is 344 g/mol. The molecule has 3 amide bonds. The third-order valence-corrected chi connectivity index (χ3v) is 3.94. The van der Waals surface area contributed by atoms with Crippen molar-refractivity contribution in [1.82, 2.24) is 9.80 Å². The van der Waals surface area contributed by atoms with Crippen LogP contribution in [-0.2, 0) is 4.79 Å². The van der Waals surface area contributed by atoms with E-state index in [0.717, 1.165) is 11.3 Å². The summed E-state index contributed by atoms with van der Waals surface area (Å²) in [4.78, 5) is 27.3. The molecule has 134 valence electrons. The minimum absolute atomic E-state index is 0.0965. The van der Waals surface area contributed by atoms with Gasteiger partial charge in [0, 0.05) is 31.9 Å². The summed E-state index contributed by atoms with van der Waals surface area (Å²) in [7, 11) is 0. The molecule has 2 rings (SSSR count). The number of hydrogen-bond acceptors (Lipinski definition) is 4. The number of carbonyl (C=O) groups excluding carboxylic acids is 2. The van der Waals surface area contributed by atoms with Crippen molar-refractivity contribution in [2.45, 2.75) is 33.3 Å². The maximum Gasteiger partial charge on any atom is 0.321 e. The van der Waals surface area contributed by atoms with Crippen molar-refractivity contribution in [1.29, 1.82) is 5.26 Å². The van der Waals surface area contributed by atoms with E-state index in [1.54, 1.807) is 9.80 Å². The van der Waals surface area contributed by atoms with Gasteiger partial charge in [0.15, 0.2) is 0 Å². The van der Waals surface area contributed by atoms with E-state index in [2.05, 4.69) is 5.32 Å². The van der Waals surface area contributed by atoms with Gasteiger partial charge in [-0.25, -0.2) is 4.79 Å². The fourth-order valence-corrected chi connectivity index (χ4v) is 2.65. The number of aryl methyl sites for hydroxylation is 1. The van der Waals surface area contributed by atoms with Crippen LogP contribution < -0.4 is 10.1 Å². The summed E-state index contributed by atoms with van der Waals surface area (Å²) >= 11 is 0. The molecule has 0 unspecified atom stereocenters. The summed E-state index contributed by atoms with van der Waals surface area (Å²) in [5.74, 6) is 0.622. The molecular formula is C18H24N4O3. The first kappa shape index (κ1) is 18.6. The molecule has 0 saturated carbocycles. The molecule has 0 aliphatic carbocycles. The highest BCUT2D eigenvalue weighted by atomic mass is 16.5. The highest BCUT2D eigenvalue weighted by molar-refractivity contribution is 5.89. The van der Waals surface area contributed by atoms with E-state index < -0.39 is 0 Å². The van der Waals surface area contributed by atoms with E-state index in [4.69, 9.17) is 10.00 Å². The Bertz CT molecular complexity index is 673. The molecule has 0 aromatic heterocycles. The molecule has 1 fully saturated rings. The zero-order chi connectivity index (χ0) is 18.4. The van der Waals surface area contributed by atoms with Crippen LogP contribution in [0.2, 0.25) is 0 Å². The first-order chi connectivity index (χ1) is 11.9. The fraction of sp³-hybridized carbons (Fsp3) is 0.500. The standard InChI is InChI=1S/C18H24N4O3/c1-13(2)25-16-5-4-15(12-14(16)3)20-18(24)22-10-8-21(9-11-22)17(23)6-7-19/h4-5,12-13H,6,8-11H2,1-3H3,(H,20,24). The Balaban J connectivity index is 1.90. The Morgan fingerprint density at radius 2 is 1.88 bits per heavy atom. The van der Waals surface area contributed by atoms with Crippen LogP contribution in [0.1, 0.15) is 25.8 Å². The summed E-state index contributed by atoms with van der Waals surface area (Å²) in [5.41, 5.74) is 1.67. The van der Waals surface area contributed by atoms with Crippen molar-refractivity contribution in [3.63, 3.8) is 0 Å². The van der Waals surface area contributed by atoms with Gasteiger partial charge in [-0.1, -0.05) is 0 Å². The van der Waals surface area contributed by atoms with Crippen molar-refractivity contribution in [2.24, 2.45) is 0 Å². The quantitative estimate of drug-likeness (QED) is 0.908. The molecule has 0 bridgehead atoms. The number of carbonyl (C=O) groups is 2. The lowest BCUT2D eigenvalue weighted by atomic mass is 10.2. The van der Waals surface area contributed by atoms with E-state index in [-0.39, 0.29) is 24.5 Å². The number of anilines is 1. The van der Waals surface area contributed by atoms with Crippen LogP contribution >= 0.6 is 0 Å². The second-order valence-electron chi connectivity index (χ2n) is 6.28. The third-order valence-electron chi connectivity index (χ3n) is 3.94. The van der Waals surface area contributed by atoms with E-state index in [9.17, 15) is 9.59 Å². The predicted molar refractivity (Wildman–Crippen MR) is 94.3 cm³/mol. The highest BCUT2D eigenvalue weighted by Gasteiger charge is 2.24. The molecule has 7 heteroatoms. The number of urea groups is 1. The molecule has 7 nitrogen and oxygen atoms in total. The SMILES string of the molecule is Cc1cc(NC(=O)N2CCN(C(=O)CC#N)CC2)ccc1OC(C)C. The molecule has 0 atom stereocenters. The zero-order valence-electron chi connectivity index (χ0n) is 14.9. The number of ether oxygens (including phenoxy) is 1. The number of nitrogens with one attached hydrogen (secondary N) is 1. The maximum absolute atomic E-state index is 12.4. The number of hydrogen-bond donors (Lipinski definition) is 1. The third kappa shape index (κ3) is 5.11. The molecule has 1 N–H and O–H groups in total. The normalized spacial score (nSPS) is 14.2. The minimum Gasteiger partial charge on any atom is -0.491 e. The van der Waals surface area contributed by atoms with Gasteiger partial charge in [-0.2, -0.15) is 5.26 Å². The Morgan fingerprint density at radius 1 is 1.24 bits per heavy atom. The van der Waals surface area contributed by atoms with Crippen LogP contribution in [0.3, 0.4) is 0 Å². The van der Waals surface area contributed by atoms with Gasteiger partial charge in [0.1, 0.15) is 12.2 Å². The maximum atomic E-state index is 12.4. The van der Waals surface area contributed by atoms with E-state index in [1.807, 2.05) is 45.0 Å². The van der Waals surface area contributed by atoms with Crippen LogP contribution in [0.5, 0.6) is 5.75 Å². The summed E-state index contributed by atoms with van der Waals surface area (Å²) < 4.78 is 5.69. The number of benzene rings is 1. The van der Waals surface area contributed by atoms with Gasteiger partial charge in [-0.15, -0.1) is 0 Å². The van der Waals surface area contributed by atoms with Crippen LogP contribution in [0.25, 0.3) is 0 Å². The molecule has 1 aromatic carbocycles. The Hall–Kier alpha value is -2.75. The number of amides is 3. The van der Waals surface area contributed by atoms with Crippen molar-refractivity contribution in [3.8, 4) is 11.8 Å². The topological polar surface area (TPSA) is 85.7 Å². The van der Waals surface area contributed by atoms with Gasteiger partial charge in [0.25, 0.3) is 0 Å². The van der Waals surface area contributed by atoms with Gasteiger partial charge in [0.05, 0.1) is 12.2 Å². The van der Waals surface area contributed by atoms with Crippen LogP contribution in [0.4, 0.5) is 10.5 Å². The summed E-state index contributed by atoms with van der Waals surface area (Å²) in [6.07, 6.45) is -0.0183. The molecule has 25 heavy (non-hydrogen) atoms. The van der Waals surface area contributed by atoms with Crippen molar-refractivity contribution in [2.75, 3.05) is 31.5 Å². The molecule has 1 heterocycles. The molecule has 1 aliphatic heterocycles. The molecule has 1 aliphatic rings. The molecule has 0 radical (unpaired) electrons. The lowest BCUT2D eigenvalue weighted by Gasteiger charge is -2.34. The smallest absolute Gasteiger partial charge is 0.321 e. The monoisotopic (exact) mass is 344 g/mol. The average Bonchev–Trinajstić information content (AvgIpc) is 2.57. The first-order valence-electron chi connectivity index (χ1n) is 8.38. The van der Waals surface area contributed by atoms with Crippen molar-refractivity contribution in [3.05, 3.63) is 23.8 Å². The zero-order valence-corrected chi connectivity index (χ0v) is 14.9. The second kappa shape index (κ2) is 8.38. The van der Waals surface area contributed by atoms with Gasteiger partial charge in [-0.3, -0.25) is 4.79 Å². The van der Waals surface area contributed by atoms with Gasteiger partial charge in [0.2, 0.25) is 5.91 Å². The lowest BCUT2D eigenvalue weighted by Crippen LogP contribution is -2.51.